The molecule has 0 aromatic heterocycles. The predicted molar refractivity (Wildman–Crippen MR) is 62.3 cm³/mol. The summed E-state index contributed by atoms with van der Waals surface area (Å²) in [5.74, 6) is -0.121. The van der Waals surface area contributed by atoms with E-state index in [1.807, 2.05) is 14.0 Å². The lowest BCUT2D eigenvalue weighted by Gasteiger charge is -2.42. The minimum atomic E-state index is -0.470. The van der Waals surface area contributed by atoms with Gasteiger partial charge in [-0.05, 0) is 45.2 Å². The monoisotopic (exact) mass is 238 g/mol. The van der Waals surface area contributed by atoms with Crippen molar-refractivity contribution < 1.29 is 9.53 Å². The van der Waals surface area contributed by atoms with Crippen LogP contribution in [0.5, 0.6) is 0 Å². The summed E-state index contributed by atoms with van der Waals surface area (Å²) < 4.78 is 5.18. The first-order valence-corrected chi connectivity index (χ1v) is 6.10. The molecular formula is C11H18N4O2. The number of hydrogen-bond acceptors (Lipinski definition) is 4. The Labute approximate surface area is 101 Å². The van der Waals surface area contributed by atoms with Crippen LogP contribution in [0.15, 0.2) is 5.11 Å². The Morgan fingerprint density at radius 1 is 1.59 bits per heavy atom. The average Bonchev–Trinajstić information content (AvgIpc) is 2.53. The highest BCUT2D eigenvalue weighted by Gasteiger charge is 2.55. The first-order valence-electron chi connectivity index (χ1n) is 6.10. The van der Waals surface area contributed by atoms with Crippen LogP contribution in [0.4, 0.5) is 0 Å². The molecule has 2 bridgehead atoms. The van der Waals surface area contributed by atoms with Crippen molar-refractivity contribution in [2.45, 2.75) is 50.2 Å². The molecule has 0 aromatic carbocycles. The minimum Gasteiger partial charge on any atom is -0.465 e. The molecule has 2 fully saturated rings. The number of esters is 1. The van der Waals surface area contributed by atoms with Gasteiger partial charge in [0.05, 0.1) is 12.6 Å². The van der Waals surface area contributed by atoms with Gasteiger partial charge in [-0.3, -0.25) is 9.69 Å². The third-order valence-electron chi connectivity index (χ3n) is 4.18. The maximum Gasteiger partial charge on any atom is 0.326 e. The quantitative estimate of drug-likeness (QED) is 0.326. The first-order chi connectivity index (χ1) is 8.15. The number of hydrogen-bond donors (Lipinski definition) is 0. The van der Waals surface area contributed by atoms with Crippen molar-refractivity contribution in [1.29, 1.82) is 0 Å². The van der Waals surface area contributed by atoms with E-state index in [4.69, 9.17) is 10.3 Å². The van der Waals surface area contributed by atoms with E-state index in [0.717, 1.165) is 25.7 Å². The molecule has 6 heteroatoms. The number of rotatable bonds is 3. The second kappa shape index (κ2) is 4.55. The molecule has 2 aliphatic rings. The maximum atomic E-state index is 12.1. The molecule has 2 heterocycles. The van der Waals surface area contributed by atoms with Gasteiger partial charge in [-0.25, -0.2) is 0 Å². The Balaban J connectivity index is 2.20. The molecule has 94 valence electrons. The molecule has 0 unspecified atom stereocenters. The number of nitrogens with zero attached hydrogens (tertiary/aromatic N) is 4. The van der Waals surface area contributed by atoms with E-state index in [0.29, 0.717) is 6.61 Å². The highest BCUT2D eigenvalue weighted by atomic mass is 16.5. The highest BCUT2D eigenvalue weighted by Crippen LogP contribution is 2.44. The van der Waals surface area contributed by atoms with Crippen LogP contribution in [0.2, 0.25) is 0 Å². The highest BCUT2D eigenvalue weighted by molar-refractivity contribution is 5.81. The number of ether oxygens (including phenoxy) is 1. The molecule has 0 N–H and O–H groups in total. The fourth-order valence-electron chi connectivity index (χ4n) is 3.22. The van der Waals surface area contributed by atoms with Gasteiger partial charge in [0.1, 0.15) is 5.54 Å². The molecular weight excluding hydrogens is 220 g/mol. The van der Waals surface area contributed by atoms with Crippen LogP contribution in [0.25, 0.3) is 10.4 Å². The molecule has 0 radical (unpaired) electrons. The molecule has 0 aromatic rings. The lowest BCUT2D eigenvalue weighted by Crippen LogP contribution is -2.57. The van der Waals surface area contributed by atoms with Crippen molar-refractivity contribution in [3.8, 4) is 0 Å². The van der Waals surface area contributed by atoms with Crippen molar-refractivity contribution in [2.75, 3.05) is 13.7 Å². The summed E-state index contributed by atoms with van der Waals surface area (Å²) >= 11 is 0. The number of likely N-dealkylation sites (N-methyl/N-ethyl adjacent to an activating group) is 1. The summed E-state index contributed by atoms with van der Waals surface area (Å²) in [4.78, 5) is 17.0. The Kier molecular flexibility index (Phi) is 3.26. The normalized spacial score (nSPS) is 36.4. The van der Waals surface area contributed by atoms with Crippen LogP contribution in [0.1, 0.15) is 32.6 Å². The van der Waals surface area contributed by atoms with Crippen LogP contribution in [0, 0.1) is 0 Å². The topological polar surface area (TPSA) is 78.3 Å². The summed E-state index contributed by atoms with van der Waals surface area (Å²) in [6.45, 7) is 2.24. The van der Waals surface area contributed by atoms with Crippen molar-refractivity contribution >= 4 is 5.97 Å². The third-order valence-corrected chi connectivity index (χ3v) is 4.18. The number of carbonyl (C=O) groups is 1. The minimum absolute atomic E-state index is 0.00458. The zero-order chi connectivity index (χ0) is 12.5. The zero-order valence-corrected chi connectivity index (χ0v) is 10.3. The Morgan fingerprint density at radius 2 is 2.29 bits per heavy atom. The maximum absolute atomic E-state index is 12.1. The fraction of sp³-hybridized carbons (Fsp3) is 0.909. The summed E-state index contributed by atoms with van der Waals surface area (Å²) in [5.41, 5.74) is 8.07. The predicted octanol–water partition coefficient (Wildman–Crippen LogP) is 1.86. The molecule has 3 atom stereocenters. The Morgan fingerprint density at radius 3 is 2.94 bits per heavy atom. The summed E-state index contributed by atoms with van der Waals surface area (Å²) in [6.07, 6.45) is 3.21. The molecule has 0 amide bonds. The fourth-order valence-corrected chi connectivity index (χ4v) is 3.22. The molecule has 2 rings (SSSR count). The summed E-state index contributed by atoms with van der Waals surface area (Å²) in [7, 11) is 1.94. The number of carbonyl (C=O) groups excluding carboxylic acids is 1. The number of piperidine rings is 1. The van der Waals surface area contributed by atoms with Crippen LogP contribution >= 0.6 is 0 Å². The standard InChI is InChI=1S/C11H18N4O2/c1-3-17-10(16)11-6-4-8(13-14-12)9(5-7-11)15(11)2/h8-9H,3-7H2,1-2H3/t8-,9+,11+/m1/s1. The van der Waals surface area contributed by atoms with Gasteiger partial charge in [0.25, 0.3) is 0 Å². The van der Waals surface area contributed by atoms with Gasteiger partial charge in [-0.2, -0.15) is 0 Å². The Bertz CT molecular complexity index is 366. The van der Waals surface area contributed by atoms with E-state index in [-0.39, 0.29) is 18.1 Å². The lowest BCUT2D eigenvalue weighted by atomic mass is 9.87. The molecule has 6 nitrogen and oxygen atoms in total. The molecule has 17 heavy (non-hydrogen) atoms. The van der Waals surface area contributed by atoms with E-state index in [2.05, 4.69) is 14.9 Å². The molecule has 0 spiro atoms. The van der Waals surface area contributed by atoms with Gasteiger partial charge >= 0.3 is 5.97 Å². The van der Waals surface area contributed by atoms with E-state index >= 15 is 0 Å². The van der Waals surface area contributed by atoms with Crippen molar-refractivity contribution in [3.05, 3.63) is 10.4 Å². The van der Waals surface area contributed by atoms with Crippen LogP contribution in [-0.2, 0) is 9.53 Å². The van der Waals surface area contributed by atoms with E-state index in [1.54, 1.807) is 0 Å². The van der Waals surface area contributed by atoms with Crippen LogP contribution in [-0.4, -0.2) is 42.1 Å². The van der Waals surface area contributed by atoms with Gasteiger partial charge in [0.15, 0.2) is 0 Å². The van der Waals surface area contributed by atoms with Crippen LogP contribution < -0.4 is 0 Å². The third kappa shape index (κ3) is 1.77. The molecule has 2 aliphatic heterocycles. The van der Waals surface area contributed by atoms with E-state index in [9.17, 15) is 4.79 Å². The Hall–Kier alpha value is -1.26. The molecule has 0 saturated carbocycles. The molecule has 2 saturated heterocycles. The number of azide groups is 1. The first kappa shape index (κ1) is 12.2. The second-order valence-corrected chi connectivity index (χ2v) is 4.78. The van der Waals surface area contributed by atoms with Crippen molar-refractivity contribution in [1.82, 2.24) is 4.90 Å². The van der Waals surface area contributed by atoms with Crippen LogP contribution in [0.3, 0.4) is 0 Å². The summed E-state index contributed by atoms with van der Waals surface area (Å²) in [6, 6.07) is 0.180. The van der Waals surface area contributed by atoms with Crippen molar-refractivity contribution in [2.24, 2.45) is 5.11 Å². The van der Waals surface area contributed by atoms with E-state index < -0.39 is 5.54 Å². The average molecular weight is 238 g/mol. The smallest absolute Gasteiger partial charge is 0.326 e. The zero-order valence-electron chi connectivity index (χ0n) is 10.3. The SMILES string of the molecule is CCOC(=O)[C@]12CC[C@@H](N=[N+]=[N-])[C@H](CC1)N2C. The lowest BCUT2D eigenvalue weighted by molar-refractivity contribution is -0.158. The van der Waals surface area contributed by atoms with Gasteiger partial charge in [-0.15, -0.1) is 0 Å². The van der Waals surface area contributed by atoms with Gasteiger partial charge < -0.3 is 4.74 Å². The van der Waals surface area contributed by atoms with Crippen molar-refractivity contribution in [3.63, 3.8) is 0 Å². The van der Waals surface area contributed by atoms with Gasteiger partial charge in [-0.1, -0.05) is 5.11 Å². The van der Waals surface area contributed by atoms with Gasteiger partial charge in [0, 0.05) is 11.0 Å². The number of fused-ring (bicyclic) bond motifs is 2. The van der Waals surface area contributed by atoms with E-state index in [1.165, 1.54) is 0 Å². The largest absolute Gasteiger partial charge is 0.465 e. The second-order valence-electron chi connectivity index (χ2n) is 4.78. The van der Waals surface area contributed by atoms with Gasteiger partial charge in [0.2, 0.25) is 0 Å². The summed E-state index contributed by atoms with van der Waals surface area (Å²) in [5, 5.41) is 3.84. The molecule has 0 aliphatic carbocycles.